The second kappa shape index (κ2) is 21.9. The first-order chi connectivity index (χ1) is 32.2. The third kappa shape index (κ3) is 10.6. The molecular formula is C54H65Cl2F3N6O2. The van der Waals surface area contributed by atoms with E-state index in [4.69, 9.17) is 37.8 Å². The Morgan fingerprint density at radius 2 is 1.01 bits per heavy atom. The van der Waals surface area contributed by atoms with Crippen LogP contribution in [-0.4, -0.2) is 69.7 Å². The summed E-state index contributed by atoms with van der Waals surface area (Å²) < 4.78 is 51.9. The number of aromatic nitrogens is 4. The van der Waals surface area contributed by atoms with Crippen molar-refractivity contribution in [3.05, 3.63) is 172 Å². The molecule has 8 nitrogen and oxygen atoms in total. The number of hydrogen-bond acceptors (Lipinski definition) is 6. The molecule has 0 spiro atoms. The predicted molar refractivity (Wildman–Crippen MR) is 263 cm³/mol. The third-order valence-electron chi connectivity index (χ3n) is 13.7. The normalized spacial score (nSPS) is 17.4. The highest BCUT2D eigenvalue weighted by molar-refractivity contribution is 6.36. The fraction of sp³-hybridized carbons (Fsp3) is 0.444. The Kier molecular flexibility index (Phi) is 16.4. The van der Waals surface area contributed by atoms with E-state index in [1.807, 2.05) is 33.1 Å². The molecule has 0 amide bonds. The van der Waals surface area contributed by atoms with Crippen molar-refractivity contribution in [3.63, 3.8) is 0 Å². The van der Waals surface area contributed by atoms with E-state index in [2.05, 4.69) is 108 Å². The Hall–Kier alpha value is -4.49. The number of methoxy groups -OCH3 is 2. The molecule has 0 fully saturated rings. The largest absolute Gasteiger partial charge is 0.416 e. The molecule has 8 rings (SSSR count). The van der Waals surface area contributed by atoms with Crippen molar-refractivity contribution in [2.45, 2.75) is 130 Å². The minimum Gasteiger partial charge on any atom is -0.383 e. The molecule has 0 radical (unpaired) electrons. The molecule has 0 saturated heterocycles. The van der Waals surface area contributed by atoms with Gasteiger partial charge in [-0.2, -0.15) is 23.4 Å². The molecule has 4 heterocycles. The van der Waals surface area contributed by atoms with Crippen molar-refractivity contribution in [2.75, 3.05) is 27.4 Å². The number of benzene rings is 4. The van der Waals surface area contributed by atoms with Crippen molar-refractivity contribution < 1.29 is 22.6 Å². The fourth-order valence-corrected chi connectivity index (χ4v) is 11.4. The topological polar surface area (TPSA) is 82.3 Å². The first kappa shape index (κ1) is 50.4. The number of rotatable bonds is 14. The molecule has 6 aromatic rings. The summed E-state index contributed by atoms with van der Waals surface area (Å²) in [7, 11) is 3.47. The Morgan fingerprint density at radius 1 is 0.612 bits per heavy atom. The van der Waals surface area contributed by atoms with Crippen LogP contribution in [0.3, 0.4) is 0 Å². The van der Waals surface area contributed by atoms with Gasteiger partial charge in [0, 0.05) is 77.5 Å². The maximum Gasteiger partial charge on any atom is 0.416 e. The van der Waals surface area contributed by atoms with Crippen LogP contribution in [0.25, 0.3) is 0 Å². The van der Waals surface area contributed by atoms with Gasteiger partial charge in [0.25, 0.3) is 0 Å². The van der Waals surface area contributed by atoms with Crippen LogP contribution in [0.5, 0.6) is 0 Å². The molecule has 2 aliphatic rings. The van der Waals surface area contributed by atoms with Crippen molar-refractivity contribution in [1.82, 2.24) is 30.2 Å². The number of aryl methyl sites for hydroxylation is 7. The number of ether oxygens (including phenoxy) is 2. The van der Waals surface area contributed by atoms with E-state index in [1.54, 1.807) is 7.11 Å². The summed E-state index contributed by atoms with van der Waals surface area (Å²) in [5, 5.41) is 15.8. The van der Waals surface area contributed by atoms with Gasteiger partial charge in [-0.15, -0.1) is 0 Å². The number of H-pyrrole nitrogens is 2. The third-order valence-corrected chi connectivity index (χ3v) is 14.3. The number of nitrogens with one attached hydrogen (secondary N) is 2. The van der Waals surface area contributed by atoms with Crippen LogP contribution in [-0.2, 0) is 67.3 Å². The van der Waals surface area contributed by atoms with Gasteiger partial charge in [0.15, 0.2) is 0 Å². The highest BCUT2D eigenvalue weighted by Crippen LogP contribution is 2.47. The molecule has 0 aliphatic carbocycles. The molecule has 2 aromatic heterocycles. The summed E-state index contributed by atoms with van der Waals surface area (Å²) in [6.45, 7) is 17.8. The lowest BCUT2D eigenvalue weighted by Crippen LogP contribution is -2.46. The van der Waals surface area contributed by atoms with Gasteiger partial charge >= 0.3 is 6.18 Å². The molecule has 13 heteroatoms. The summed E-state index contributed by atoms with van der Waals surface area (Å²) in [6, 6.07) is 23.6. The maximum absolute atomic E-state index is 13.5. The highest BCUT2D eigenvalue weighted by atomic mass is 35.5. The summed E-state index contributed by atoms with van der Waals surface area (Å²) >= 11 is 13.2. The van der Waals surface area contributed by atoms with E-state index in [0.717, 1.165) is 73.5 Å². The Bertz CT molecular complexity index is 2550. The molecule has 4 unspecified atom stereocenters. The van der Waals surface area contributed by atoms with Gasteiger partial charge in [0.2, 0.25) is 0 Å². The SMILES string of the molecule is CCc1n[nH]c(CC)c1C(c1c(C)cc(C)cc1C)N1Cc2ccccc2CC1COC.CCc1n[nH]c(CC)c1C(c1c(Cl)cc(C(F)(F)F)cc1Cl)N1Cc2ccccc2CC1COC. The molecule has 0 saturated carbocycles. The fourth-order valence-electron chi connectivity index (χ4n) is 10.7. The first-order valence-corrected chi connectivity index (χ1v) is 24.3. The molecule has 4 atom stereocenters. The molecule has 2 N–H and O–H groups in total. The van der Waals surface area contributed by atoms with Crippen molar-refractivity contribution in [3.8, 4) is 0 Å². The highest BCUT2D eigenvalue weighted by Gasteiger charge is 2.41. The minimum atomic E-state index is -4.55. The van der Waals surface area contributed by atoms with Crippen molar-refractivity contribution in [1.29, 1.82) is 0 Å². The molecule has 4 aromatic carbocycles. The van der Waals surface area contributed by atoms with Crippen LogP contribution in [0, 0.1) is 20.8 Å². The van der Waals surface area contributed by atoms with Gasteiger partial charge in [-0.3, -0.25) is 20.0 Å². The first-order valence-electron chi connectivity index (χ1n) is 23.6. The monoisotopic (exact) mass is 956 g/mol. The molecule has 358 valence electrons. The minimum absolute atomic E-state index is 0.0184. The second-order valence-electron chi connectivity index (χ2n) is 18.0. The van der Waals surface area contributed by atoms with E-state index in [-0.39, 0.29) is 22.1 Å². The van der Waals surface area contributed by atoms with Gasteiger partial charge in [0.05, 0.1) is 42.2 Å². The van der Waals surface area contributed by atoms with Crippen LogP contribution in [0.4, 0.5) is 13.2 Å². The summed E-state index contributed by atoms with van der Waals surface area (Å²) in [4.78, 5) is 4.93. The van der Waals surface area contributed by atoms with Gasteiger partial charge in [-0.25, -0.2) is 0 Å². The van der Waals surface area contributed by atoms with Gasteiger partial charge in [0.1, 0.15) is 0 Å². The van der Waals surface area contributed by atoms with Gasteiger partial charge in [-0.1, -0.05) is 117 Å². The predicted octanol–water partition coefficient (Wildman–Crippen LogP) is 12.6. The number of aromatic amines is 2. The van der Waals surface area contributed by atoms with Crippen LogP contribution < -0.4 is 0 Å². The van der Waals surface area contributed by atoms with Crippen LogP contribution in [0.2, 0.25) is 10.0 Å². The lowest BCUT2D eigenvalue weighted by Gasteiger charge is -2.43. The Balaban J connectivity index is 0.000000200. The van der Waals surface area contributed by atoms with Crippen LogP contribution in [0.15, 0.2) is 72.8 Å². The summed E-state index contributed by atoms with van der Waals surface area (Å²) in [5.74, 6) is 0. The van der Waals surface area contributed by atoms with Crippen LogP contribution in [0.1, 0.15) is 129 Å². The number of fused-ring (bicyclic) bond motifs is 2. The maximum atomic E-state index is 13.5. The zero-order chi connectivity index (χ0) is 48.2. The van der Waals surface area contributed by atoms with E-state index in [1.165, 1.54) is 55.9 Å². The quantitative estimate of drug-likeness (QED) is 0.113. The summed E-state index contributed by atoms with van der Waals surface area (Å²) in [5.41, 5.74) is 16.7. The lowest BCUT2D eigenvalue weighted by atomic mass is 9.83. The second-order valence-corrected chi connectivity index (χ2v) is 18.8. The Morgan fingerprint density at radius 3 is 1.39 bits per heavy atom. The Labute approximate surface area is 404 Å². The molecule has 67 heavy (non-hydrogen) atoms. The number of hydrogen-bond donors (Lipinski definition) is 2. The van der Waals surface area contributed by atoms with Crippen molar-refractivity contribution >= 4 is 23.2 Å². The summed E-state index contributed by atoms with van der Waals surface area (Å²) in [6.07, 6.45) is 0.380. The number of nitrogens with zero attached hydrogens (tertiary/aromatic N) is 4. The molecule has 2 aliphatic heterocycles. The van der Waals surface area contributed by atoms with Crippen LogP contribution >= 0.6 is 23.2 Å². The average Bonchev–Trinajstić information content (AvgIpc) is 3.92. The van der Waals surface area contributed by atoms with E-state index < -0.39 is 17.8 Å². The molecule has 0 bridgehead atoms. The zero-order valence-corrected chi connectivity index (χ0v) is 41.8. The van der Waals surface area contributed by atoms with E-state index in [0.29, 0.717) is 37.6 Å². The zero-order valence-electron chi connectivity index (χ0n) is 40.3. The van der Waals surface area contributed by atoms with Gasteiger partial charge < -0.3 is 9.47 Å². The standard InChI is InChI=1S/C28H37N3O.C26H28Cl2F3N3O/c1-7-24-27(25(8-2)30-29-24)28(26-19(4)13-18(3)14-20(26)5)31-16-22-12-10-9-11-21(22)15-23(31)17-32-6;1-4-21-24(22(5-2)33-32-21)25(23-19(27)11-17(12-20(23)28)26(29,30)31)34-13-16-9-7-6-8-15(16)10-18(34)14-35-3/h9-14,23,28H,7-8,15-17H2,1-6H3,(H,29,30);6-9,11-12,18,25H,4-5,10,13-14H2,1-3H3,(H,32,33). The van der Waals surface area contributed by atoms with E-state index in [9.17, 15) is 13.2 Å². The van der Waals surface area contributed by atoms with Gasteiger partial charge in [-0.05, 0) is 110 Å². The van der Waals surface area contributed by atoms with E-state index >= 15 is 0 Å². The average molecular weight is 958 g/mol. The number of halogens is 5. The smallest absolute Gasteiger partial charge is 0.383 e. The molecular weight excluding hydrogens is 893 g/mol. The lowest BCUT2D eigenvalue weighted by molar-refractivity contribution is -0.137. The van der Waals surface area contributed by atoms with Crippen molar-refractivity contribution in [2.24, 2.45) is 0 Å². The number of alkyl halides is 3.